The predicted octanol–water partition coefficient (Wildman–Crippen LogP) is 1.90. The van der Waals surface area contributed by atoms with Crippen LogP contribution >= 0.6 is 0 Å². The Morgan fingerprint density at radius 3 is 2.63 bits per heavy atom. The first kappa shape index (κ1) is 23.4. The molecule has 3 aromatic rings. The molecule has 0 spiro atoms. The zero-order valence-corrected chi connectivity index (χ0v) is 19.1. The molecule has 3 amide bonds. The van der Waals surface area contributed by atoms with Gasteiger partial charge in [-0.15, -0.1) is 0 Å². The van der Waals surface area contributed by atoms with E-state index in [9.17, 15) is 14.4 Å². The number of anilines is 1. The van der Waals surface area contributed by atoms with Crippen molar-refractivity contribution in [1.82, 2.24) is 19.5 Å². The number of likely N-dealkylation sites (tertiary alicyclic amines) is 1. The molecule has 1 fully saturated rings. The number of carbonyl (C=O) groups excluding carboxylic acids is 3. The molecule has 1 aliphatic heterocycles. The number of imidazole rings is 1. The molecule has 0 bridgehead atoms. The number of hydrogen-bond acceptors (Lipinski definition) is 7. The summed E-state index contributed by atoms with van der Waals surface area (Å²) in [5.41, 5.74) is 7.73. The number of benzene rings is 1. The van der Waals surface area contributed by atoms with Crippen LogP contribution in [0, 0.1) is 18.3 Å². The maximum absolute atomic E-state index is 12.6. The standard InChI is InChI=1S/C24H24N8O3/c1-14-9-11-28-18(13-14)29-24(35)16-6-4-15(5-7-16)20-21(22(26)34)32(27)23(30-20)17-3-2-12-31(17)19(33)8-10-25/h4-7,9,11,13,17H,2-3,8,12,27H2,1H3,(H2,26,34)(H,28,29,35). The van der Waals surface area contributed by atoms with Crippen LogP contribution in [0.5, 0.6) is 0 Å². The molecule has 1 aliphatic rings. The van der Waals surface area contributed by atoms with Crippen molar-refractivity contribution in [3.8, 4) is 17.3 Å². The smallest absolute Gasteiger partial charge is 0.269 e. The minimum atomic E-state index is -0.776. The zero-order valence-electron chi connectivity index (χ0n) is 19.1. The van der Waals surface area contributed by atoms with Gasteiger partial charge in [-0.05, 0) is 49.6 Å². The number of aromatic nitrogens is 3. The van der Waals surface area contributed by atoms with Gasteiger partial charge in [0.15, 0.2) is 11.5 Å². The number of nitriles is 1. The molecule has 178 valence electrons. The summed E-state index contributed by atoms with van der Waals surface area (Å²) in [5, 5.41) is 11.6. The number of aryl methyl sites for hydroxylation is 1. The van der Waals surface area contributed by atoms with Gasteiger partial charge in [0, 0.05) is 23.9 Å². The summed E-state index contributed by atoms with van der Waals surface area (Å²) in [6.07, 6.45) is 2.67. The van der Waals surface area contributed by atoms with Crippen LogP contribution in [0.25, 0.3) is 11.3 Å². The first-order valence-corrected chi connectivity index (χ1v) is 11.0. The molecule has 0 aliphatic carbocycles. The lowest BCUT2D eigenvalue weighted by atomic mass is 10.1. The van der Waals surface area contributed by atoms with Crippen molar-refractivity contribution in [2.75, 3.05) is 17.7 Å². The van der Waals surface area contributed by atoms with Crippen LogP contribution in [0.1, 0.15) is 57.5 Å². The van der Waals surface area contributed by atoms with Gasteiger partial charge in [-0.25, -0.2) is 14.6 Å². The van der Waals surface area contributed by atoms with E-state index < -0.39 is 11.9 Å². The Hall–Kier alpha value is -4.72. The molecule has 5 N–H and O–H groups in total. The lowest BCUT2D eigenvalue weighted by Crippen LogP contribution is -2.33. The van der Waals surface area contributed by atoms with Gasteiger partial charge in [0.1, 0.15) is 17.9 Å². The molecule has 1 atom stereocenters. The Kier molecular flexibility index (Phi) is 6.46. The third kappa shape index (κ3) is 4.67. The van der Waals surface area contributed by atoms with E-state index in [2.05, 4.69) is 15.3 Å². The summed E-state index contributed by atoms with van der Waals surface area (Å²) in [7, 11) is 0. The fourth-order valence-electron chi connectivity index (χ4n) is 4.20. The highest BCUT2D eigenvalue weighted by Crippen LogP contribution is 2.34. The highest BCUT2D eigenvalue weighted by atomic mass is 16.2. The van der Waals surface area contributed by atoms with Crippen LogP contribution in [0.2, 0.25) is 0 Å². The highest BCUT2D eigenvalue weighted by Gasteiger charge is 2.35. The molecule has 2 aromatic heterocycles. The quantitative estimate of drug-likeness (QED) is 0.459. The normalized spacial score (nSPS) is 15.0. The van der Waals surface area contributed by atoms with Crippen LogP contribution in [0.15, 0.2) is 42.6 Å². The summed E-state index contributed by atoms with van der Waals surface area (Å²) in [6.45, 7) is 2.37. The first-order valence-electron chi connectivity index (χ1n) is 11.0. The molecule has 35 heavy (non-hydrogen) atoms. The molecule has 0 radical (unpaired) electrons. The van der Waals surface area contributed by atoms with Crippen molar-refractivity contribution >= 4 is 23.5 Å². The number of pyridine rings is 1. The van der Waals surface area contributed by atoms with Gasteiger partial charge in [0.05, 0.1) is 12.1 Å². The largest absolute Gasteiger partial charge is 0.364 e. The van der Waals surface area contributed by atoms with Gasteiger partial charge in [-0.3, -0.25) is 14.4 Å². The number of carbonyl (C=O) groups is 3. The average Bonchev–Trinajstić information content (AvgIpc) is 3.44. The Balaban J connectivity index is 1.63. The molecule has 4 rings (SSSR count). The van der Waals surface area contributed by atoms with E-state index in [-0.39, 0.29) is 29.6 Å². The Morgan fingerprint density at radius 2 is 1.97 bits per heavy atom. The van der Waals surface area contributed by atoms with E-state index in [0.29, 0.717) is 35.7 Å². The minimum absolute atomic E-state index is 0.0132. The van der Waals surface area contributed by atoms with Crippen LogP contribution in [0.4, 0.5) is 5.82 Å². The van der Waals surface area contributed by atoms with Crippen molar-refractivity contribution in [2.45, 2.75) is 32.2 Å². The third-order valence-corrected chi connectivity index (χ3v) is 5.85. The number of primary amides is 1. The minimum Gasteiger partial charge on any atom is -0.364 e. The van der Waals surface area contributed by atoms with Crippen LogP contribution in [-0.2, 0) is 4.79 Å². The number of nitrogens with zero attached hydrogens (tertiary/aromatic N) is 5. The van der Waals surface area contributed by atoms with Gasteiger partial charge < -0.3 is 21.8 Å². The second kappa shape index (κ2) is 9.64. The molecular weight excluding hydrogens is 448 g/mol. The second-order valence-corrected chi connectivity index (χ2v) is 8.23. The molecule has 11 nitrogen and oxygen atoms in total. The van der Waals surface area contributed by atoms with Crippen molar-refractivity contribution in [1.29, 1.82) is 5.26 Å². The fraction of sp³-hybridized carbons (Fsp3) is 0.250. The van der Waals surface area contributed by atoms with Gasteiger partial charge in [-0.2, -0.15) is 5.26 Å². The number of amides is 3. The monoisotopic (exact) mass is 472 g/mol. The van der Waals surface area contributed by atoms with Crippen molar-refractivity contribution < 1.29 is 14.4 Å². The van der Waals surface area contributed by atoms with E-state index in [1.807, 2.05) is 19.1 Å². The molecular formula is C24H24N8O3. The molecule has 1 aromatic carbocycles. The van der Waals surface area contributed by atoms with Crippen LogP contribution in [0.3, 0.4) is 0 Å². The number of nitrogens with two attached hydrogens (primary N) is 2. The van der Waals surface area contributed by atoms with Crippen molar-refractivity contribution in [2.24, 2.45) is 5.73 Å². The topological polar surface area (TPSA) is 173 Å². The molecule has 3 heterocycles. The lowest BCUT2D eigenvalue weighted by Gasteiger charge is -2.23. The number of nitrogens with one attached hydrogen (secondary N) is 1. The summed E-state index contributed by atoms with van der Waals surface area (Å²) in [4.78, 5) is 47.5. The molecule has 11 heteroatoms. The summed E-state index contributed by atoms with van der Waals surface area (Å²) in [5.74, 6) is 5.53. The summed E-state index contributed by atoms with van der Waals surface area (Å²) >= 11 is 0. The Morgan fingerprint density at radius 1 is 1.23 bits per heavy atom. The van der Waals surface area contributed by atoms with E-state index >= 15 is 0 Å². The summed E-state index contributed by atoms with van der Waals surface area (Å²) < 4.78 is 1.12. The second-order valence-electron chi connectivity index (χ2n) is 8.23. The zero-order chi connectivity index (χ0) is 25.1. The Labute approximate surface area is 201 Å². The van der Waals surface area contributed by atoms with E-state index in [1.54, 1.807) is 41.4 Å². The van der Waals surface area contributed by atoms with Crippen molar-refractivity contribution in [3.05, 3.63) is 65.2 Å². The van der Waals surface area contributed by atoms with Gasteiger partial charge in [0.2, 0.25) is 5.91 Å². The lowest BCUT2D eigenvalue weighted by molar-refractivity contribution is -0.131. The van der Waals surface area contributed by atoms with Crippen LogP contribution < -0.4 is 16.9 Å². The van der Waals surface area contributed by atoms with E-state index in [0.717, 1.165) is 16.7 Å². The fourth-order valence-corrected chi connectivity index (χ4v) is 4.20. The van der Waals surface area contributed by atoms with Gasteiger partial charge >= 0.3 is 0 Å². The SMILES string of the molecule is Cc1ccnc(NC(=O)c2ccc(-c3nc(C4CCCN4C(=O)CC#N)n(N)c3C(N)=O)cc2)c1. The maximum atomic E-state index is 12.6. The predicted molar refractivity (Wildman–Crippen MR) is 127 cm³/mol. The molecule has 1 saturated heterocycles. The van der Waals surface area contributed by atoms with Crippen molar-refractivity contribution in [3.63, 3.8) is 0 Å². The number of hydrogen-bond donors (Lipinski definition) is 3. The Bertz CT molecular complexity index is 1340. The number of nitrogen functional groups attached to an aromatic ring is 1. The summed E-state index contributed by atoms with van der Waals surface area (Å²) in [6, 6.07) is 11.5. The number of rotatable bonds is 6. The van der Waals surface area contributed by atoms with Gasteiger partial charge in [0.25, 0.3) is 11.8 Å². The third-order valence-electron chi connectivity index (χ3n) is 5.85. The van der Waals surface area contributed by atoms with Crippen LogP contribution in [-0.4, -0.2) is 43.8 Å². The average molecular weight is 473 g/mol. The van der Waals surface area contributed by atoms with E-state index in [4.69, 9.17) is 16.8 Å². The van der Waals surface area contributed by atoms with Gasteiger partial charge in [-0.1, -0.05) is 12.1 Å². The molecule has 1 unspecified atom stereocenters. The van der Waals surface area contributed by atoms with E-state index in [1.165, 1.54) is 0 Å². The maximum Gasteiger partial charge on any atom is 0.269 e. The first-order chi connectivity index (χ1) is 16.8. The highest BCUT2D eigenvalue weighted by molar-refractivity contribution is 6.04. The molecule has 0 saturated carbocycles.